The molecule has 9 heteroatoms. The number of benzene rings is 2. The monoisotopic (exact) mass is 442 g/mol. The number of esters is 1. The fourth-order valence-corrected chi connectivity index (χ4v) is 3.80. The van der Waals surface area contributed by atoms with Crippen LogP contribution in [0, 0.1) is 6.92 Å². The number of carbonyl (C=O) groups excluding carboxylic acids is 2. The van der Waals surface area contributed by atoms with Crippen LogP contribution in [0.15, 0.2) is 42.5 Å². The molecule has 0 saturated carbocycles. The summed E-state index contributed by atoms with van der Waals surface area (Å²) in [5.41, 5.74) is 1.88. The number of anilines is 1. The number of hydrogen-bond donors (Lipinski definition) is 1. The van der Waals surface area contributed by atoms with Crippen molar-refractivity contribution in [3.63, 3.8) is 0 Å². The first kappa shape index (κ1) is 22.1. The number of amides is 1. The van der Waals surface area contributed by atoms with Gasteiger partial charge in [-0.25, -0.2) is 9.78 Å². The lowest BCUT2D eigenvalue weighted by Crippen LogP contribution is -2.21. The summed E-state index contributed by atoms with van der Waals surface area (Å²) in [6.45, 7) is 1.28. The molecule has 1 amide bonds. The number of nitrogens with one attached hydrogen (secondary N) is 1. The van der Waals surface area contributed by atoms with Crippen molar-refractivity contribution in [2.75, 3.05) is 33.3 Å². The van der Waals surface area contributed by atoms with Gasteiger partial charge in [-0.2, -0.15) is 0 Å². The second kappa shape index (κ2) is 9.94. The van der Waals surface area contributed by atoms with Crippen molar-refractivity contribution < 1.29 is 28.5 Å². The molecule has 0 bridgehead atoms. The van der Waals surface area contributed by atoms with E-state index in [0.29, 0.717) is 38.5 Å². The van der Waals surface area contributed by atoms with Gasteiger partial charge in [0.05, 0.1) is 27.0 Å². The van der Waals surface area contributed by atoms with Gasteiger partial charge in [0.1, 0.15) is 9.88 Å². The van der Waals surface area contributed by atoms with Crippen molar-refractivity contribution in [3.8, 4) is 27.8 Å². The second-order valence-corrected chi connectivity index (χ2v) is 7.34. The van der Waals surface area contributed by atoms with Crippen molar-refractivity contribution >= 4 is 28.9 Å². The highest BCUT2D eigenvalue weighted by Crippen LogP contribution is 2.39. The minimum atomic E-state index is -0.600. The number of aromatic nitrogens is 1. The fraction of sp³-hybridized carbons (Fsp3) is 0.227. The molecule has 0 saturated heterocycles. The molecule has 0 fully saturated rings. The first-order valence-corrected chi connectivity index (χ1v) is 10.1. The van der Waals surface area contributed by atoms with E-state index in [1.807, 2.05) is 30.3 Å². The van der Waals surface area contributed by atoms with Crippen molar-refractivity contribution in [2.45, 2.75) is 6.92 Å². The molecule has 3 aromatic rings. The second-order valence-electron chi connectivity index (χ2n) is 6.34. The predicted octanol–water partition coefficient (Wildman–Crippen LogP) is 3.94. The number of methoxy groups -OCH3 is 3. The van der Waals surface area contributed by atoms with Gasteiger partial charge in [-0.3, -0.25) is 4.79 Å². The topological polar surface area (TPSA) is 96.0 Å². The number of thiazole rings is 1. The summed E-state index contributed by atoms with van der Waals surface area (Å²) in [4.78, 5) is 29.6. The predicted molar refractivity (Wildman–Crippen MR) is 117 cm³/mol. The third-order valence-corrected chi connectivity index (χ3v) is 5.47. The Balaban J connectivity index is 1.65. The van der Waals surface area contributed by atoms with Gasteiger partial charge in [0, 0.05) is 23.4 Å². The average Bonchev–Trinajstić information content (AvgIpc) is 3.19. The molecular weight excluding hydrogens is 420 g/mol. The Morgan fingerprint density at radius 1 is 1.00 bits per heavy atom. The van der Waals surface area contributed by atoms with Gasteiger partial charge >= 0.3 is 5.97 Å². The maximum atomic E-state index is 12.5. The smallest absolute Gasteiger partial charge is 0.350 e. The number of hydrogen-bond acceptors (Lipinski definition) is 8. The van der Waals surface area contributed by atoms with Crippen molar-refractivity contribution in [1.29, 1.82) is 0 Å². The van der Waals surface area contributed by atoms with E-state index >= 15 is 0 Å². The summed E-state index contributed by atoms with van der Waals surface area (Å²) < 4.78 is 21.0. The number of nitrogens with zero attached hydrogens (tertiary/aromatic N) is 1. The molecule has 0 aliphatic rings. The maximum absolute atomic E-state index is 12.5. The largest absolute Gasteiger partial charge is 0.493 e. The molecule has 1 aromatic heterocycles. The van der Waals surface area contributed by atoms with Gasteiger partial charge in [-0.05, 0) is 6.92 Å². The number of ether oxygens (including phenoxy) is 4. The highest BCUT2D eigenvalue weighted by atomic mass is 32.1. The fourth-order valence-electron chi connectivity index (χ4n) is 2.84. The molecule has 1 heterocycles. The zero-order chi connectivity index (χ0) is 22.4. The van der Waals surface area contributed by atoms with Crippen LogP contribution in [0.4, 0.5) is 5.69 Å². The molecule has 162 valence electrons. The lowest BCUT2D eigenvalue weighted by atomic mass is 10.2. The van der Waals surface area contributed by atoms with Crippen LogP contribution >= 0.6 is 11.3 Å². The summed E-state index contributed by atoms with van der Waals surface area (Å²) in [6, 6.07) is 12.7. The lowest BCUT2D eigenvalue weighted by molar-refractivity contribution is -0.119. The van der Waals surface area contributed by atoms with E-state index in [-0.39, 0.29) is 0 Å². The van der Waals surface area contributed by atoms with E-state index in [1.165, 1.54) is 32.7 Å². The van der Waals surface area contributed by atoms with Crippen molar-refractivity contribution in [1.82, 2.24) is 4.98 Å². The first-order valence-electron chi connectivity index (χ1n) is 9.26. The third-order valence-electron chi connectivity index (χ3n) is 4.29. The standard InChI is InChI=1S/C22H22N2O6S/c1-13-20(31-21(23-13)14-8-6-5-7-9-14)22(26)30-12-18(25)24-15-10-16(27-2)19(29-4)17(11-15)28-3/h5-11H,12H2,1-4H3,(H,24,25). The molecule has 1 N–H and O–H groups in total. The Morgan fingerprint density at radius 3 is 2.23 bits per heavy atom. The SMILES string of the molecule is COc1cc(NC(=O)COC(=O)c2sc(-c3ccccc3)nc2C)cc(OC)c1OC. The molecule has 2 aromatic carbocycles. The molecule has 0 radical (unpaired) electrons. The summed E-state index contributed by atoms with van der Waals surface area (Å²) in [5.74, 6) is 0.0837. The van der Waals surface area contributed by atoms with Gasteiger partial charge < -0.3 is 24.3 Å². The molecule has 0 aliphatic carbocycles. The van der Waals surface area contributed by atoms with E-state index in [2.05, 4.69) is 10.3 Å². The first-order chi connectivity index (χ1) is 15.0. The van der Waals surface area contributed by atoms with Gasteiger partial charge in [0.15, 0.2) is 18.1 Å². The molecule has 31 heavy (non-hydrogen) atoms. The van der Waals surface area contributed by atoms with Crippen LogP contribution in [0.2, 0.25) is 0 Å². The Hall–Kier alpha value is -3.59. The number of rotatable bonds is 8. The van der Waals surface area contributed by atoms with Crippen LogP contribution in [0.1, 0.15) is 15.4 Å². The molecule has 0 atom stereocenters. The van der Waals surface area contributed by atoms with Gasteiger partial charge in [0.25, 0.3) is 5.91 Å². The van der Waals surface area contributed by atoms with Crippen LogP contribution in [-0.2, 0) is 9.53 Å². The summed E-state index contributed by atoms with van der Waals surface area (Å²) >= 11 is 1.23. The molecule has 3 rings (SSSR count). The normalized spacial score (nSPS) is 10.3. The highest BCUT2D eigenvalue weighted by Gasteiger charge is 2.19. The minimum Gasteiger partial charge on any atom is -0.493 e. The number of carbonyl (C=O) groups is 2. The van der Waals surface area contributed by atoms with E-state index in [9.17, 15) is 9.59 Å². The van der Waals surface area contributed by atoms with Gasteiger partial charge in [0.2, 0.25) is 5.75 Å². The van der Waals surface area contributed by atoms with Gasteiger partial charge in [-0.15, -0.1) is 11.3 Å². The van der Waals surface area contributed by atoms with E-state index in [0.717, 1.165) is 5.56 Å². The Labute approximate surface area is 183 Å². The Bertz CT molecular complexity index is 1060. The molecular formula is C22H22N2O6S. The van der Waals surface area contributed by atoms with Crippen LogP contribution in [0.3, 0.4) is 0 Å². The Morgan fingerprint density at radius 2 is 1.65 bits per heavy atom. The van der Waals surface area contributed by atoms with Crippen LogP contribution in [0.5, 0.6) is 17.2 Å². The summed E-state index contributed by atoms with van der Waals surface area (Å²) in [6.07, 6.45) is 0. The zero-order valence-electron chi connectivity index (χ0n) is 17.6. The van der Waals surface area contributed by atoms with Crippen LogP contribution in [-0.4, -0.2) is 44.8 Å². The van der Waals surface area contributed by atoms with Crippen molar-refractivity contribution in [2.24, 2.45) is 0 Å². The number of aryl methyl sites for hydroxylation is 1. The summed E-state index contributed by atoms with van der Waals surface area (Å²) in [7, 11) is 4.44. The molecule has 0 spiro atoms. The van der Waals surface area contributed by atoms with Crippen LogP contribution < -0.4 is 19.5 Å². The lowest BCUT2D eigenvalue weighted by Gasteiger charge is -2.14. The Kier molecular flexibility index (Phi) is 7.09. The maximum Gasteiger partial charge on any atom is 0.350 e. The highest BCUT2D eigenvalue weighted by molar-refractivity contribution is 7.17. The van der Waals surface area contributed by atoms with E-state index in [4.69, 9.17) is 18.9 Å². The average molecular weight is 442 g/mol. The molecule has 0 aliphatic heterocycles. The van der Waals surface area contributed by atoms with Crippen molar-refractivity contribution in [3.05, 3.63) is 53.0 Å². The summed E-state index contributed by atoms with van der Waals surface area (Å²) in [5, 5.41) is 3.37. The van der Waals surface area contributed by atoms with Gasteiger partial charge in [-0.1, -0.05) is 30.3 Å². The van der Waals surface area contributed by atoms with Crippen LogP contribution in [0.25, 0.3) is 10.6 Å². The molecule has 0 unspecified atom stereocenters. The minimum absolute atomic E-state index is 0.361. The zero-order valence-corrected chi connectivity index (χ0v) is 18.4. The molecule has 8 nitrogen and oxygen atoms in total. The third kappa shape index (κ3) is 5.13. The van der Waals surface area contributed by atoms with E-state index in [1.54, 1.807) is 19.1 Å². The van der Waals surface area contributed by atoms with E-state index < -0.39 is 18.5 Å². The quantitative estimate of drug-likeness (QED) is 0.528.